The second kappa shape index (κ2) is 13.2. The number of hydrogen-bond donors (Lipinski definition) is 1. The van der Waals surface area contributed by atoms with Crippen LogP contribution in [0.4, 0.5) is 15.0 Å². The highest BCUT2D eigenvalue weighted by Gasteiger charge is 2.48. The Labute approximate surface area is 298 Å². The third-order valence-electron chi connectivity index (χ3n) is 9.25. The fourth-order valence-corrected chi connectivity index (χ4v) is 7.36. The number of nitrogens with two attached hydrogens (primary N) is 1. The second-order valence-corrected chi connectivity index (χ2v) is 14.9. The van der Waals surface area contributed by atoms with Crippen LogP contribution in [-0.2, 0) is 11.2 Å². The van der Waals surface area contributed by atoms with Gasteiger partial charge < -0.3 is 19.9 Å². The SMILES string of the molecule is Cc1cc(Oc2ccccc2F)ccc1-n1ncc(C(=O)C2=Cc3cc(OCCN4CC5CC(C4)N5C(=O)OC(C)(C)C)c(Br)cc3C2)c1N. The molecule has 50 heavy (non-hydrogen) atoms. The average Bonchev–Trinajstić information content (AvgIpc) is 3.64. The Kier molecular flexibility index (Phi) is 8.94. The number of para-hydroxylation sites is 1. The Balaban J connectivity index is 0.972. The minimum atomic E-state index is -0.505. The van der Waals surface area contributed by atoms with Crippen LogP contribution in [0.3, 0.4) is 0 Å². The van der Waals surface area contributed by atoms with Gasteiger partial charge in [-0.15, -0.1) is 0 Å². The van der Waals surface area contributed by atoms with Gasteiger partial charge in [-0.25, -0.2) is 13.9 Å². The van der Waals surface area contributed by atoms with Gasteiger partial charge in [-0.2, -0.15) is 5.10 Å². The van der Waals surface area contributed by atoms with Crippen LogP contribution in [0.25, 0.3) is 11.8 Å². The lowest BCUT2D eigenvalue weighted by molar-refractivity contribution is -0.0777. The summed E-state index contributed by atoms with van der Waals surface area (Å²) in [6.45, 7) is 10.4. The predicted octanol–water partition coefficient (Wildman–Crippen LogP) is 7.35. The molecule has 10 nitrogen and oxygen atoms in total. The van der Waals surface area contributed by atoms with Gasteiger partial charge in [0.1, 0.15) is 29.5 Å². The lowest BCUT2D eigenvalue weighted by Crippen LogP contribution is -2.70. The molecule has 0 radical (unpaired) electrons. The van der Waals surface area contributed by atoms with Crippen LogP contribution in [0.15, 0.2) is 70.8 Å². The Bertz CT molecular complexity index is 2010. The first kappa shape index (κ1) is 33.8. The van der Waals surface area contributed by atoms with Gasteiger partial charge in [0.15, 0.2) is 17.3 Å². The summed E-state index contributed by atoms with van der Waals surface area (Å²) >= 11 is 3.65. The molecule has 3 fully saturated rings. The number of aryl methyl sites for hydroxylation is 1. The highest BCUT2D eigenvalue weighted by Crippen LogP contribution is 2.37. The number of anilines is 1. The number of carbonyl (C=O) groups excluding carboxylic acids is 2. The smallest absolute Gasteiger partial charge is 0.410 e. The molecular weight excluding hydrogens is 705 g/mol. The monoisotopic (exact) mass is 743 g/mol. The van der Waals surface area contributed by atoms with Gasteiger partial charge in [-0.05, 0) is 115 Å². The maximum absolute atomic E-state index is 14.1. The minimum absolute atomic E-state index is 0.130. The number of piperazine rings is 1. The number of rotatable bonds is 9. The summed E-state index contributed by atoms with van der Waals surface area (Å²) in [5.41, 5.74) is 10.3. The molecule has 0 saturated carbocycles. The summed E-state index contributed by atoms with van der Waals surface area (Å²) in [7, 11) is 0. The number of allylic oxidation sites excluding steroid dienone is 1. The molecule has 1 aliphatic carbocycles. The number of piperidine rings is 1. The van der Waals surface area contributed by atoms with Crippen LogP contribution in [-0.4, -0.2) is 75.4 Å². The molecule has 8 rings (SSSR count). The number of ether oxygens (including phenoxy) is 3. The van der Waals surface area contributed by atoms with Crippen molar-refractivity contribution in [2.45, 2.75) is 58.2 Å². The van der Waals surface area contributed by atoms with E-state index >= 15 is 0 Å². The molecule has 4 heterocycles. The van der Waals surface area contributed by atoms with Crippen molar-refractivity contribution in [3.8, 4) is 22.9 Å². The molecule has 3 saturated heterocycles. The first-order valence-electron chi connectivity index (χ1n) is 16.7. The molecule has 12 heteroatoms. The normalized spacial score (nSPS) is 18.3. The molecule has 1 aromatic heterocycles. The molecule has 1 amide bonds. The van der Waals surface area contributed by atoms with E-state index in [2.05, 4.69) is 25.9 Å². The zero-order valence-corrected chi connectivity index (χ0v) is 30.0. The number of amides is 1. The summed E-state index contributed by atoms with van der Waals surface area (Å²) in [6, 6.07) is 15.8. The van der Waals surface area contributed by atoms with Gasteiger partial charge in [-0.3, -0.25) is 14.6 Å². The molecule has 4 aliphatic rings. The van der Waals surface area contributed by atoms with Crippen molar-refractivity contribution in [2.75, 3.05) is 32.0 Å². The Morgan fingerprint density at radius 2 is 1.82 bits per heavy atom. The van der Waals surface area contributed by atoms with Crippen molar-refractivity contribution >= 4 is 39.7 Å². The van der Waals surface area contributed by atoms with Gasteiger partial charge >= 0.3 is 6.09 Å². The number of ketones is 1. The summed E-state index contributed by atoms with van der Waals surface area (Å²) in [6.07, 6.45) is 4.62. The summed E-state index contributed by atoms with van der Waals surface area (Å²) in [5, 5.41) is 4.44. The third kappa shape index (κ3) is 6.74. The van der Waals surface area contributed by atoms with E-state index in [4.69, 9.17) is 19.9 Å². The number of nitrogen functional groups attached to an aromatic ring is 1. The van der Waals surface area contributed by atoms with Crippen molar-refractivity contribution in [3.63, 3.8) is 0 Å². The van der Waals surface area contributed by atoms with Gasteiger partial charge in [0, 0.05) is 31.6 Å². The Hall–Kier alpha value is -4.68. The number of hydrogen-bond acceptors (Lipinski definition) is 8. The van der Waals surface area contributed by atoms with E-state index < -0.39 is 11.4 Å². The molecule has 2 atom stereocenters. The van der Waals surface area contributed by atoms with E-state index in [1.807, 2.05) is 50.8 Å². The summed E-state index contributed by atoms with van der Waals surface area (Å²) in [5.74, 6) is 0.893. The standard InChI is InChI=1S/C38H39BrFN5O5/c1-22-13-28(49-33-8-6-5-7-31(33)40)9-10-32(22)45-36(41)29(19-42-45)35(46)25-14-23-16-30(39)34(17-24(23)15-25)48-12-11-43-20-26-18-27(21-43)44(26)37(47)50-38(2,3)4/h5-10,13,15-17,19,26-27H,11-12,14,18,20-21,41H2,1-4H3. The molecule has 0 spiro atoms. The number of nitrogens with zero attached hydrogens (tertiary/aromatic N) is 4. The number of halogens is 2. The largest absolute Gasteiger partial charge is 0.491 e. The van der Waals surface area contributed by atoms with Crippen molar-refractivity contribution in [3.05, 3.63) is 98.9 Å². The number of carbonyl (C=O) groups is 2. The van der Waals surface area contributed by atoms with Crippen LogP contribution >= 0.6 is 15.9 Å². The van der Waals surface area contributed by atoms with Crippen LogP contribution in [0, 0.1) is 12.7 Å². The van der Waals surface area contributed by atoms with E-state index in [1.54, 1.807) is 36.4 Å². The van der Waals surface area contributed by atoms with Gasteiger partial charge in [0.2, 0.25) is 0 Å². The number of aromatic nitrogens is 2. The third-order valence-corrected chi connectivity index (χ3v) is 9.87. The highest BCUT2D eigenvalue weighted by atomic mass is 79.9. The number of benzene rings is 3. The first-order chi connectivity index (χ1) is 23.8. The Morgan fingerprint density at radius 3 is 2.54 bits per heavy atom. The molecule has 260 valence electrons. The van der Waals surface area contributed by atoms with E-state index in [0.29, 0.717) is 41.4 Å². The fraction of sp³-hybridized carbons (Fsp3) is 0.342. The van der Waals surface area contributed by atoms with Crippen molar-refractivity contribution in [1.29, 1.82) is 0 Å². The first-order valence-corrected chi connectivity index (χ1v) is 17.4. The average molecular weight is 745 g/mol. The van der Waals surface area contributed by atoms with E-state index in [0.717, 1.165) is 47.2 Å². The molecule has 4 aromatic rings. The fourth-order valence-electron chi connectivity index (χ4n) is 6.86. The van der Waals surface area contributed by atoms with Crippen molar-refractivity contribution in [1.82, 2.24) is 19.6 Å². The van der Waals surface area contributed by atoms with Crippen LogP contribution in [0.2, 0.25) is 0 Å². The highest BCUT2D eigenvalue weighted by molar-refractivity contribution is 9.10. The quantitative estimate of drug-likeness (QED) is 0.177. The van der Waals surface area contributed by atoms with Gasteiger partial charge in [0.05, 0.1) is 34.0 Å². The second-order valence-electron chi connectivity index (χ2n) is 14.0. The summed E-state index contributed by atoms with van der Waals surface area (Å²) in [4.78, 5) is 30.5. The number of Topliss-reactive ketones (excluding diaryl/α,β-unsaturated/α-hetero) is 1. The van der Waals surface area contributed by atoms with Crippen molar-refractivity contribution < 1.29 is 28.2 Å². The Morgan fingerprint density at radius 1 is 1.06 bits per heavy atom. The zero-order valence-electron chi connectivity index (χ0n) is 28.4. The predicted molar refractivity (Wildman–Crippen MR) is 192 cm³/mol. The van der Waals surface area contributed by atoms with E-state index in [9.17, 15) is 14.0 Å². The van der Waals surface area contributed by atoms with Crippen LogP contribution < -0.4 is 15.2 Å². The van der Waals surface area contributed by atoms with Crippen molar-refractivity contribution in [2.24, 2.45) is 0 Å². The van der Waals surface area contributed by atoms with Crippen LogP contribution in [0.5, 0.6) is 17.2 Å². The molecule has 2 N–H and O–H groups in total. The lowest BCUT2D eigenvalue weighted by atomic mass is 9.88. The van der Waals surface area contributed by atoms with Crippen LogP contribution in [0.1, 0.15) is 54.2 Å². The number of fused-ring (bicyclic) bond motifs is 3. The minimum Gasteiger partial charge on any atom is -0.491 e. The maximum atomic E-state index is 14.1. The molecule has 3 aromatic carbocycles. The molecule has 3 aliphatic heterocycles. The summed E-state index contributed by atoms with van der Waals surface area (Å²) < 4.78 is 33.9. The molecule has 2 bridgehead atoms. The molecule has 2 unspecified atom stereocenters. The van der Waals surface area contributed by atoms with Gasteiger partial charge in [-0.1, -0.05) is 12.1 Å². The molecular formula is C38H39BrFN5O5. The zero-order chi connectivity index (χ0) is 35.3. The van der Waals surface area contributed by atoms with Gasteiger partial charge in [0.25, 0.3) is 0 Å². The van der Waals surface area contributed by atoms with E-state index in [-0.39, 0.29) is 35.5 Å². The maximum Gasteiger partial charge on any atom is 0.410 e. The topological polar surface area (TPSA) is 112 Å². The van der Waals surface area contributed by atoms with E-state index in [1.165, 1.54) is 16.9 Å². The lowest BCUT2D eigenvalue weighted by Gasteiger charge is -2.55.